The minimum atomic E-state index is -0.991. The molecule has 2 amide bonds. The molecule has 7 nitrogen and oxygen atoms in total. The van der Waals surface area contributed by atoms with Crippen LogP contribution >= 0.6 is 0 Å². The normalized spacial score (nSPS) is 18.2. The fourth-order valence-electron chi connectivity index (χ4n) is 2.30. The van der Waals surface area contributed by atoms with Crippen LogP contribution in [-0.4, -0.2) is 41.6 Å². The van der Waals surface area contributed by atoms with Crippen molar-refractivity contribution in [3.8, 4) is 5.75 Å². The summed E-state index contributed by atoms with van der Waals surface area (Å²) in [4.78, 5) is 36.2. The number of carbonyl (C=O) groups excluding carboxylic acids is 2. The SMILES string of the molecule is CC(CC(=O)O)NC(=O)CN1C(=O)C(C)Oc2ccccc21. The molecule has 0 fully saturated rings. The summed E-state index contributed by atoms with van der Waals surface area (Å²) in [5.41, 5.74) is 0.534. The first-order valence-corrected chi connectivity index (χ1v) is 6.96. The number of hydrogen-bond donors (Lipinski definition) is 2. The number of carbonyl (C=O) groups is 3. The van der Waals surface area contributed by atoms with Gasteiger partial charge in [-0.15, -0.1) is 0 Å². The molecule has 0 saturated carbocycles. The molecule has 2 unspecified atom stereocenters. The first-order chi connectivity index (χ1) is 10.4. The summed E-state index contributed by atoms with van der Waals surface area (Å²) in [6.07, 6.45) is -0.838. The molecule has 1 aliphatic rings. The van der Waals surface area contributed by atoms with Crippen LogP contribution in [0.3, 0.4) is 0 Å². The molecule has 1 aromatic carbocycles. The van der Waals surface area contributed by atoms with Gasteiger partial charge >= 0.3 is 5.97 Å². The predicted molar refractivity (Wildman–Crippen MR) is 78.7 cm³/mol. The van der Waals surface area contributed by atoms with Crippen LogP contribution in [0.25, 0.3) is 0 Å². The zero-order chi connectivity index (χ0) is 16.3. The molecular weight excluding hydrogens is 288 g/mol. The average molecular weight is 306 g/mol. The van der Waals surface area contributed by atoms with Gasteiger partial charge in [0.2, 0.25) is 5.91 Å². The molecule has 22 heavy (non-hydrogen) atoms. The van der Waals surface area contributed by atoms with Crippen LogP contribution in [-0.2, 0) is 14.4 Å². The van der Waals surface area contributed by atoms with E-state index in [2.05, 4.69) is 5.32 Å². The number of nitrogens with zero attached hydrogens (tertiary/aromatic N) is 1. The maximum Gasteiger partial charge on any atom is 0.305 e. The number of nitrogens with one attached hydrogen (secondary N) is 1. The number of anilines is 1. The van der Waals surface area contributed by atoms with E-state index in [1.807, 2.05) is 0 Å². The zero-order valence-corrected chi connectivity index (χ0v) is 12.4. The Balaban J connectivity index is 2.09. The lowest BCUT2D eigenvalue weighted by Gasteiger charge is -2.32. The van der Waals surface area contributed by atoms with Crippen molar-refractivity contribution in [2.24, 2.45) is 0 Å². The topological polar surface area (TPSA) is 95.9 Å². The third kappa shape index (κ3) is 3.55. The molecule has 1 heterocycles. The number of para-hydroxylation sites is 2. The molecule has 2 atom stereocenters. The van der Waals surface area contributed by atoms with Gasteiger partial charge in [-0.1, -0.05) is 12.1 Å². The second-order valence-corrected chi connectivity index (χ2v) is 5.22. The molecule has 0 aromatic heterocycles. The summed E-state index contributed by atoms with van der Waals surface area (Å²) < 4.78 is 5.49. The fraction of sp³-hybridized carbons (Fsp3) is 0.400. The van der Waals surface area contributed by atoms with E-state index in [0.29, 0.717) is 11.4 Å². The number of fused-ring (bicyclic) bond motifs is 1. The van der Waals surface area contributed by atoms with Crippen molar-refractivity contribution in [1.82, 2.24) is 5.32 Å². The molecule has 1 aliphatic heterocycles. The van der Waals surface area contributed by atoms with Crippen LogP contribution in [0.1, 0.15) is 20.3 Å². The molecule has 0 radical (unpaired) electrons. The number of aliphatic carboxylic acids is 1. The van der Waals surface area contributed by atoms with E-state index in [1.165, 1.54) is 4.90 Å². The summed E-state index contributed by atoms with van der Waals surface area (Å²) >= 11 is 0. The van der Waals surface area contributed by atoms with Gasteiger partial charge in [-0.2, -0.15) is 0 Å². The Hall–Kier alpha value is -2.57. The smallest absolute Gasteiger partial charge is 0.305 e. The van der Waals surface area contributed by atoms with Gasteiger partial charge in [-0.25, -0.2) is 0 Å². The van der Waals surface area contributed by atoms with Gasteiger partial charge in [0, 0.05) is 6.04 Å². The zero-order valence-electron chi connectivity index (χ0n) is 12.4. The molecule has 0 saturated heterocycles. The second kappa shape index (κ2) is 6.46. The number of carboxylic acids is 1. The van der Waals surface area contributed by atoms with E-state index in [0.717, 1.165) is 0 Å². The molecule has 7 heteroatoms. The van der Waals surface area contributed by atoms with E-state index in [-0.39, 0.29) is 18.9 Å². The maximum absolute atomic E-state index is 12.2. The Labute approximate surface area is 127 Å². The number of rotatable bonds is 5. The predicted octanol–water partition coefficient (Wildman–Crippen LogP) is 0.780. The van der Waals surface area contributed by atoms with E-state index >= 15 is 0 Å². The fourth-order valence-corrected chi connectivity index (χ4v) is 2.30. The summed E-state index contributed by atoms with van der Waals surface area (Å²) in [6, 6.07) is 6.47. The number of ether oxygens (including phenoxy) is 1. The van der Waals surface area contributed by atoms with E-state index < -0.39 is 24.0 Å². The molecule has 0 aliphatic carbocycles. The van der Waals surface area contributed by atoms with Crippen LogP contribution in [0, 0.1) is 0 Å². The van der Waals surface area contributed by atoms with Gasteiger partial charge in [0.25, 0.3) is 5.91 Å². The minimum absolute atomic E-state index is 0.171. The van der Waals surface area contributed by atoms with Gasteiger partial charge in [0.1, 0.15) is 12.3 Å². The highest BCUT2D eigenvalue weighted by Crippen LogP contribution is 2.33. The third-order valence-electron chi connectivity index (χ3n) is 3.26. The van der Waals surface area contributed by atoms with Crippen LogP contribution in [0.15, 0.2) is 24.3 Å². The van der Waals surface area contributed by atoms with Gasteiger partial charge in [-0.05, 0) is 26.0 Å². The number of carboxylic acid groups (broad SMARTS) is 1. The number of amides is 2. The van der Waals surface area contributed by atoms with Gasteiger partial charge in [0.05, 0.1) is 12.1 Å². The summed E-state index contributed by atoms with van der Waals surface area (Å²) in [7, 11) is 0. The summed E-state index contributed by atoms with van der Waals surface area (Å²) in [5.74, 6) is -1.17. The molecule has 1 aromatic rings. The van der Waals surface area contributed by atoms with Crippen LogP contribution < -0.4 is 15.0 Å². The Morgan fingerprint density at radius 2 is 2.09 bits per heavy atom. The molecular formula is C15H18N2O5. The van der Waals surface area contributed by atoms with Crippen molar-refractivity contribution >= 4 is 23.5 Å². The molecule has 118 valence electrons. The lowest BCUT2D eigenvalue weighted by molar-refractivity contribution is -0.137. The maximum atomic E-state index is 12.2. The van der Waals surface area contributed by atoms with Crippen molar-refractivity contribution in [2.45, 2.75) is 32.4 Å². The Morgan fingerprint density at radius 1 is 1.41 bits per heavy atom. The quantitative estimate of drug-likeness (QED) is 0.838. The summed E-state index contributed by atoms with van der Waals surface area (Å²) in [5, 5.41) is 11.3. The summed E-state index contributed by atoms with van der Waals surface area (Å²) in [6.45, 7) is 3.05. The van der Waals surface area contributed by atoms with E-state index in [1.54, 1.807) is 38.1 Å². The van der Waals surface area contributed by atoms with Crippen molar-refractivity contribution in [1.29, 1.82) is 0 Å². The Morgan fingerprint density at radius 3 is 2.77 bits per heavy atom. The highest BCUT2D eigenvalue weighted by Gasteiger charge is 2.32. The lowest BCUT2D eigenvalue weighted by Crippen LogP contribution is -2.50. The van der Waals surface area contributed by atoms with Gasteiger partial charge in [0.15, 0.2) is 6.10 Å². The van der Waals surface area contributed by atoms with Crippen molar-refractivity contribution in [3.05, 3.63) is 24.3 Å². The van der Waals surface area contributed by atoms with Crippen LogP contribution in [0.2, 0.25) is 0 Å². The standard InChI is InChI=1S/C15H18N2O5/c1-9(7-14(19)20)16-13(18)8-17-11-5-3-4-6-12(11)22-10(2)15(17)21/h3-6,9-10H,7-8H2,1-2H3,(H,16,18)(H,19,20). The third-order valence-corrected chi connectivity index (χ3v) is 3.26. The number of hydrogen-bond acceptors (Lipinski definition) is 4. The van der Waals surface area contributed by atoms with E-state index in [4.69, 9.17) is 9.84 Å². The average Bonchev–Trinajstić information content (AvgIpc) is 2.42. The first-order valence-electron chi connectivity index (χ1n) is 6.96. The monoisotopic (exact) mass is 306 g/mol. The molecule has 2 rings (SSSR count). The van der Waals surface area contributed by atoms with Crippen molar-refractivity contribution in [2.75, 3.05) is 11.4 Å². The Kier molecular flexibility index (Phi) is 4.65. The van der Waals surface area contributed by atoms with Crippen LogP contribution in [0.4, 0.5) is 5.69 Å². The van der Waals surface area contributed by atoms with Gasteiger partial charge in [-0.3, -0.25) is 19.3 Å². The number of benzene rings is 1. The van der Waals surface area contributed by atoms with Crippen LogP contribution in [0.5, 0.6) is 5.75 Å². The Bertz CT molecular complexity index is 601. The minimum Gasteiger partial charge on any atom is -0.481 e. The largest absolute Gasteiger partial charge is 0.481 e. The van der Waals surface area contributed by atoms with Crippen molar-refractivity contribution < 1.29 is 24.2 Å². The first kappa shape index (κ1) is 15.8. The van der Waals surface area contributed by atoms with Gasteiger partial charge < -0.3 is 15.2 Å². The molecule has 0 spiro atoms. The van der Waals surface area contributed by atoms with Crippen molar-refractivity contribution in [3.63, 3.8) is 0 Å². The molecule has 2 N–H and O–H groups in total. The molecule has 0 bridgehead atoms. The van der Waals surface area contributed by atoms with E-state index in [9.17, 15) is 14.4 Å². The highest BCUT2D eigenvalue weighted by atomic mass is 16.5. The lowest BCUT2D eigenvalue weighted by atomic mass is 10.2. The second-order valence-electron chi connectivity index (χ2n) is 5.22. The highest BCUT2D eigenvalue weighted by molar-refractivity contribution is 6.03.